The van der Waals surface area contributed by atoms with Crippen LogP contribution in [0.5, 0.6) is 0 Å². The molecule has 0 saturated carbocycles. The van der Waals surface area contributed by atoms with Crippen LogP contribution in [0.3, 0.4) is 0 Å². The minimum atomic E-state index is -4.04. The molecule has 0 unspecified atom stereocenters. The Labute approximate surface area is 206 Å². The second-order valence-corrected chi connectivity index (χ2v) is 11.3. The zero-order valence-electron chi connectivity index (χ0n) is 21.1. The zero-order chi connectivity index (χ0) is 27.0. The number of nitrogens with one attached hydrogen (secondary N) is 1. The Kier molecular flexibility index (Phi) is 10.1. The number of hydrogen-bond donors (Lipinski definition) is 1. The number of nitro benzene ring substituents is 1. The summed E-state index contributed by atoms with van der Waals surface area (Å²) in [5.41, 5.74) is -1.57. The second kappa shape index (κ2) is 11.9. The number of ether oxygens (including phenoxy) is 2. The third-order valence-corrected chi connectivity index (χ3v) is 5.20. The third kappa shape index (κ3) is 10.2. The van der Waals surface area contributed by atoms with Gasteiger partial charge in [-0.15, -0.1) is 0 Å². The number of hydrogen-bond acceptors (Lipinski definition) is 8. The molecule has 0 aliphatic rings. The van der Waals surface area contributed by atoms with Crippen molar-refractivity contribution in [2.45, 2.75) is 72.4 Å². The van der Waals surface area contributed by atoms with Crippen molar-refractivity contribution < 1.29 is 32.4 Å². The van der Waals surface area contributed by atoms with E-state index in [-0.39, 0.29) is 11.4 Å². The summed E-state index contributed by atoms with van der Waals surface area (Å²) in [6.45, 7) is 11.3. The van der Waals surface area contributed by atoms with E-state index in [2.05, 4.69) is 16.6 Å². The molecule has 0 heterocycles. The maximum absolute atomic E-state index is 12.4. The average molecular weight is 512 g/mol. The molecule has 1 aromatic rings. The molecular weight excluding hydrogens is 478 g/mol. The lowest BCUT2D eigenvalue weighted by Gasteiger charge is -2.33. The first-order valence-corrected chi connectivity index (χ1v) is 12.6. The summed E-state index contributed by atoms with van der Waals surface area (Å²) in [7, 11) is -4.04. The van der Waals surface area contributed by atoms with E-state index >= 15 is 0 Å². The van der Waals surface area contributed by atoms with Crippen molar-refractivity contribution in [3.63, 3.8) is 0 Å². The maximum Gasteiger partial charge on any atom is 0.420 e. The number of rotatable bonds is 7. The molecule has 0 fully saturated rings. The molecule has 0 aliphatic heterocycles. The van der Waals surface area contributed by atoms with Crippen LogP contribution in [-0.2, 0) is 25.9 Å². The summed E-state index contributed by atoms with van der Waals surface area (Å²) in [5, 5.41) is 11.3. The van der Waals surface area contributed by atoms with Crippen LogP contribution in [-0.4, -0.2) is 53.9 Å². The monoisotopic (exact) mass is 511 g/mol. The highest BCUT2D eigenvalue weighted by atomic mass is 32.2. The lowest BCUT2D eigenvalue weighted by atomic mass is 10.1. The molecule has 0 bridgehead atoms. The topological polar surface area (TPSA) is 145 Å². The van der Waals surface area contributed by atoms with Gasteiger partial charge in [0.2, 0.25) is 10.0 Å². The first-order valence-electron chi connectivity index (χ1n) is 10.9. The molecule has 194 valence electrons. The van der Waals surface area contributed by atoms with Gasteiger partial charge in [-0.3, -0.25) is 14.8 Å². The Hall–Kier alpha value is -3.33. The number of carbonyl (C=O) groups is 2. The number of aryl methyl sites for hydroxylation is 1. The average Bonchev–Trinajstić information content (AvgIpc) is 2.66. The summed E-state index contributed by atoms with van der Waals surface area (Å²) >= 11 is 0. The molecule has 1 aromatic carbocycles. The smallest absolute Gasteiger partial charge is 0.420 e. The minimum absolute atomic E-state index is 0.165. The van der Waals surface area contributed by atoms with E-state index in [0.29, 0.717) is 6.42 Å². The molecule has 11 nitrogen and oxygen atoms in total. The van der Waals surface area contributed by atoms with Gasteiger partial charge in [-0.25, -0.2) is 22.9 Å². The van der Waals surface area contributed by atoms with Crippen molar-refractivity contribution in [2.24, 2.45) is 0 Å². The second-order valence-electron chi connectivity index (χ2n) is 9.61. The van der Waals surface area contributed by atoms with Gasteiger partial charge in [-0.2, -0.15) is 0 Å². The van der Waals surface area contributed by atoms with Gasteiger partial charge in [0.15, 0.2) is 6.61 Å². The van der Waals surface area contributed by atoms with Crippen LogP contribution < -0.4 is 4.72 Å². The summed E-state index contributed by atoms with van der Waals surface area (Å²) in [5.74, 6) is 4.05. The third-order valence-electron chi connectivity index (χ3n) is 4.15. The van der Waals surface area contributed by atoms with E-state index in [9.17, 15) is 28.1 Å². The molecule has 0 radical (unpaired) electrons. The highest BCUT2D eigenvalue weighted by Gasteiger charge is 2.37. The van der Waals surface area contributed by atoms with Crippen molar-refractivity contribution >= 4 is 33.6 Å². The van der Waals surface area contributed by atoms with Crippen molar-refractivity contribution in [3.05, 3.63) is 33.9 Å². The summed E-state index contributed by atoms with van der Waals surface area (Å²) < 4.78 is 37.1. The summed E-state index contributed by atoms with van der Waals surface area (Å²) in [6.07, 6.45) is -0.474. The molecule has 12 heteroatoms. The van der Waals surface area contributed by atoms with Gasteiger partial charge >= 0.3 is 12.2 Å². The van der Waals surface area contributed by atoms with E-state index in [1.807, 2.05) is 6.92 Å². The van der Waals surface area contributed by atoms with Gasteiger partial charge in [0.05, 0.1) is 4.92 Å². The quantitative estimate of drug-likeness (QED) is 0.321. The van der Waals surface area contributed by atoms with Crippen molar-refractivity contribution in [2.75, 3.05) is 17.1 Å². The van der Waals surface area contributed by atoms with Gasteiger partial charge in [0, 0.05) is 11.6 Å². The molecule has 0 aliphatic carbocycles. The highest BCUT2D eigenvalue weighted by molar-refractivity contribution is 7.92. The lowest BCUT2D eigenvalue weighted by Crippen LogP contribution is -2.51. The Morgan fingerprint density at radius 2 is 1.74 bits per heavy atom. The van der Waals surface area contributed by atoms with Gasteiger partial charge < -0.3 is 9.47 Å². The largest absolute Gasteiger partial charge is 0.443 e. The standard InChI is InChI=1S/C23H33N3O8S/c1-8-11-17-12-13-18(19(16-17)26(29)30)24-35(31,32)15-10-9-14-33-20(27)25(22(2,3)4)21(28)34-23(5,6)7/h12-13,16,24H,8,11,14-15H2,1-7H3. The van der Waals surface area contributed by atoms with Crippen molar-refractivity contribution in [1.82, 2.24) is 4.90 Å². The zero-order valence-corrected chi connectivity index (χ0v) is 21.9. The molecule has 1 N–H and O–H groups in total. The highest BCUT2D eigenvalue weighted by Crippen LogP contribution is 2.27. The van der Waals surface area contributed by atoms with Gasteiger partial charge in [0.25, 0.3) is 5.69 Å². The molecule has 1 rings (SSSR count). The van der Waals surface area contributed by atoms with E-state index in [0.717, 1.165) is 16.9 Å². The molecular formula is C23H33N3O8S. The van der Waals surface area contributed by atoms with E-state index in [1.165, 1.54) is 12.1 Å². The number of nitro groups is 1. The van der Waals surface area contributed by atoms with E-state index in [4.69, 9.17) is 9.47 Å². The minimum Gasteiger partial charge on any atom is -0.443 e. The molecule has 2 amide bonds. The summed E-state index contributed by atoms with van der Waals surface area (Å²) in [6, 6.07) is 4.29. The molecule has 0 saturated heterocycles. The fraction of sp³-hybridized carbons (Fsp3) is 0.565. The fourth-order valence-electron chi connectivity index (χ4n) is 2.75. The Balaban J connectivity index is 2.82. The van der Waals surface area contributed by atoms with Crippen LogP contribution >= 0.6 is 0 Å². The number of nitrogens with zero attached hydrogens (tertiary/aromatic N) is 2. The first kappa shape index (κ1) is 29.7. The normalized spacial score (nSPS) is 11.6. The predicted octanol–water partition coefficient (Wildman–Crippen LogP) is 4.46. The Bertz CT molecular complexity index is 1110. The molecule has 0 atom stereocenters. The molecule has 35 heavy (non-hydrogen) atoms. The predicted molar refractivity (Wildman–Crippen MR) is 131 cm³/mol. The number of carbonyl (C=O) groups excluding carboxylic acids is 2. The fourth-order valence-corrected chi connectivity index (χ4v) is 3.62. The van der Waals surface area contributed by atoms with Gasteiger partial charge in [-0.05, 0) is 59.6 Å². The number of imide groups is 1. The van der Waals surface area contributed by atoms with E-state index < -0.39 is 50.6 Å². The van der Waals surface area contributed by atoms with Crippen molar-refractivity contribution in [3.8, 4) is 11.8 Å². The number of amides is 2. The van der Waals surface area contributed by atoms with E-state index in [1.54, 1.807) is 47.6 Å². The number of anilines is 1. The Morgan fingerprint density at radius 3 is 2.26 bits per heavy atom. The first-order chi connectivity index (χ1) is 16.0. The SMILES string of the molecule is CCCc1ccc(NS(=O)(=O)CC#CCOC(=O)N(C(=O)OC(C)(C)C)C(C)(C)C)c([N+](=O)[O-])c1. The summed E-state index contributed by atoms with van der Waals surface area (Å²) in [4.78, 5) is 36.3. The Morgan fingerprint density at radius 1 is 1.11 bits per heavy atom. The maximum atomic E-state index is 12.4. The van der Waals surface area contributed by atoms with Gasteiger partial charge in [-0.1, -0.05) is 31.3 Å². The van der Waals surface area contributed by atoms with Crippen LogP contribution in [0.4, 0.5) is 21.0 Å². The lowest BCUT2D eigenvalue weighted by molar-refractivity contribution is -0.383. The van der Waals surface area contributed by atoms with Crippen LogP contribution in [0.15, 0.2) is 18.2 Å². The number of sulfonamides is 1. The van der Waals surface area contributed by atoms with Crippen LogP contribution in [0.25, 0.3) is 0 Å². The van der Waals surface area contributed by atoms with Crippen LogP contribution in [0, 0.1) is 22.0 Å². The van der Waals surface area contributed by atoms with Crippen LogP contribution in [0.2, 0.25) is 0 Å². The van der Waals surface area contributed by atoms with Gasteiger partial charge in [0.1, 0.15) is 17.0 Å². The molecule has 0 aromatic heterocycles. The number of benzene rings is 1. The van der Waals surface area contributed by atoms with Crippen LogP contribution in [0.1, 0.15) is 60.5 Å². The molecule has 0 spiro atoms. The van der Waals surface area contributed by atoms with Crippen molar-refractivity contribution in [1.29, 1.82) is 0 Å².